The van der Waals surface area contributed by atoms with Crippen LogP contribution < -0.4 is 15.4 Å². The Morgan fingerprint density at radius 2 is 2.00 bits per heavy atom. The summed E-state index contributed by atoms with van der Waals surface area (Å²) in [7, 11) is 0. The molecule has 1 aromatic carbocycles. The van der Waals surface area contributed by atoms with Crippen LogP contribution in [0.1, 0.15) is 54.6 Å². The number of nitrogens with zero attached hydrogens (tertiary/aromatic N) is 5. The first kappa shape index (κ1) is 26.3. The van der Waals surface area contributed by atoms with E-state index in [9.17, 15) is 10.1 Å². The third-order valence-electron chi connectivity index (χ3n) is 8.30. The Bertz CT molecular complexity index is 1430. The molecule has 0 spiro atoms. The standard InChI is InChI=1S/C29H36N8O3/c1-3-18(2)32-27-24-19(16-30)17-31-26(24)34-29(35-27)33-23-5-4-22(21-8-13-40-25(21)23)28(38)37-9-6-20(7-10-37)36-11-14-39-15-12-36/h4-5,17-18,20H,3,6-15H2,1-2H3,(H3,31,32,33,34,35)/t18-/m1/s1. The van der Waals surface area contributed by atoms with E-state index >= 15 is 0 Å². The fraction of sp³-hybridized carbons (Fsp3) is 0.517. The van der Waals surface area contributed by atoms with Crippen molar-refractivity contribution >= 4 is 34.4 Å². The number of nitrogens with one attached hydrogen (secondary N) is 3. The number of nitriles is 1. The Balaban J connectivity index is 1.22. The Morgan fingerprint density at radius 3 is 2.75 bits per heavy atom. The number of amides is 1. The predicted octanol–water partition coefficient (Wildman–Crippen LogP) is 3.66. The fourth-order valence-corrected chi connectivity index (χ4v) is 5.88. The van der Waals surface area contributed by atoms with Gasteiger partial charge in [-0.15, -0.1) is 0 Å². The van der Waals surface area contributed by atoms with Crippen LogP contribution in [-0.2, 0) is 11.2 Å². The largest absolute Gasteiger partial charge is 0.491 e. The van der Waals surface area contributed by atoms with Gasteiger partial charge in [0.1, 0.15) is 23.3 Å². The molecule has 3 aliphatic rings. The van der Waals surface area contributed by atoms with Crippen LogP contribution in [0.2, 0.25) is 0 Å². The third kappa shape index (κ3) is 5.05. The number of piperidine rings is 1. The average molecular weight is 545 g/mol. The Labute approximate surface area is 233 Å². The Morgan fingerprint density at radius 1 is 1.20 bits per heavy atom. The van der Waals surface area contributed by atoms with E-state index in [4.69, 9.17) is 14.5 Å². The molecule has 3 aliphatic heterocycles. The summed E-state index contributed by atoms with van der Waals surface area (Å²) in [5.41, 5.74) is 3.42. The van der Waals surface area contributed by atoms with Gasteiger partial charge in [-0.3, -0.25) is 9.69 Å². The molecule has 2 aromatic heterocycles. The van der Waals surface area contributed by atoms with Gasteiger partial charge in [-0.2, -0.15) is 15.2 Å². The number of hydrogen-bond acceptors (Lipinski definition) is 9. The van der Waals surface area contributed by atoms with Gasteiger partial charge in [0.05, 0.1) is 36.5 Å². The number of carbonyl (C=O) groups excluding carboxylic acids is 1. The van der Waals surface area contributed by atoms with Gasteiger partial charge in [0.15, 0.2) is 0 Å². The van der Waals surface area contributed by atoms with Crippen molar-refractivity contribution in [2.45, 2.75) is 51.6 Å². The van der Waals surface area contributed by atoms with E-state index in [0.29, 0.717) is 58.7 Å². The van der Waals surface area contributed by atoms with E-state index in [2.05, 4.69) is 45.4 Å². The van der Waals surface area contributed by atoms with Crippen molar-refractivity contribution in [2.24, 2.45) is 0 Å². The molecule has 210 valence electrons. The zero-order valence-corrected chi connectivity index (χ0v) is 23.1. The lowest BCUT2D eigenvalue weighted by atomic mass is 9.99. The van der Waals surface area contributed by atoms with E-state index in [1.807, 2.05) is 17.0 Å². The van der Waals surface area contributed by atoms with Gasteiger partial charge in [0, 0.05) is 62.0 Å². The van der Waals surface area contributed by atoms with Gasteiger partial charge in [0.25, 0.3) is 5.91 Å². The van der Waals surface area contributed by atoms with Crippen LogP contribution >= 0.6 is 0 Å². The fourth-order valence-electron chi connectivity index (χ4n) is 5.88. The van der Waals surface area contributed by atoms with Crippen molar-refractivity contribution in [1.82, 2.24) is 24.8 Å². The minimum absolute atomic E-state index is 0.0712. The highest BCUT2D eigenvalue weighted by atomic mass is 16.5. The molecule has 0 saturated carbocycles. The lowest BCUT2D eigenvalue weighted by molar-refractivity contribution is 0.00158. The highest BCUT2D eigenvalue weighted by Gasteiger charge is 2.31. The number of fused-ring (bicyclic) bond motifs is 2. The molecule has 2 saturated heterocycles. The van der Waals surface area contributed by atoms with Crippen LogP contribution in [0.15, 0.2) is 18.3 Å². The average Bonchev–Trinajstić information content (AvgIpc) is 3.65. The maximum Gasteiger partial charge on any atom is 0.254 e. The minimum atomic E-state index is 0.0712. The van der Waals surface area contributed by atoms with Crippen LogP contribution in [0.3, 0.4) is 0 Å². The molecule has 0 aliphatic carbocycles. The quantitative estimate of drug-likeness (QED) is 0.408. The van der Waals surface area contributed by atoms with E-state index < -0.39 is 0 Å². The molecule has 11 heteroatoms. The topological polar surface area (TPSA) is 131 Å². The number of rotatable bonds is 7. The third-order valence-corrected chi connectivity index (χ3v) is 8.30. The Hall–Kier alpha value is -3.88. The van der Waals surface area contributed by atoms with Crippen LogP contribution in [0.4, 0.5) is 17.5 Å². The van der Waals surface area contributed by atoms with Crippen LogP contribution in [0, 0.1) is 11.3 Å². The monoisotopic (exact) mass is 544 g/mol. The SMILES string of the molecule is CC[C@@H](C)Nc1nc(Nc2ccc(C(=O)N3CCC(N4CCOCC4)CC3)c3c2OCC3)nc2[nH]cc(C#N)c12. The van der Waals surface area contributed by atoms with Gasteiger partial charge in [-0.25, -0.2) is 0 Å². The van der Waals surface area contributed by atoms with Gasteiger partial charge in [-0.1, -0.05) is 6.92 Å². The molecule has 0 unspecified atom stereocenters. The molecule has 6 rings (SSSR count). The summed E-state index contributed by atoms with van der Waals surface area (Å²) in [5, 5.41) is 17.0. The summed E-state index contributed by atoms with van der Waals surface area (Å²) in [6.45, 7) is 9.76. The van der Waals surface area contributed by atoms with E-state index in [0.717, 1.165) is 69.9 Å². The molecule has 1 amide bonds. The second-order valence-electron chi connectivity index (χ2n) is 10.8. The van der Waals surface area contributed by atoms with Crippen molar-refractivity contribution < 1.29 is 14.3 Å². The number of carbonyl (C=O) groups is 1. The molecule has 3 aromatic rings. The summed E-state index contributed by atoms with van der Waals surface area (Å²) >= 11 is 0. The van der Waals surface area contributed by atoms with Crippen LogP contribution in [0.25, 0.3) is 11.0 Å². The second kappa shape index (κ2) is 11.3. The second-order valence-corrected chi connectivity index (χ2v) is 10.8. The number of morpholine rings is 1. The van der Waals surface area contributed by atoms with Crippen molar-refractivity contribution in [3.63, 3.8) is 0 Å². The van der Waals surface area contributed by atoms with Crippen LogP contribution in [-0.4, -0.2) is 88.7 Å². The number of H-pyrrole nitrogens is 1. The minimum Gasteiger partial charge on any atom is -0.491 e. The van der Waals surface area contributed by atoms with Gasteiger partial charge in [0.2, 0.25) is 5.95 Å². The molecule has 2 fully saturated rings. The maximum absolute atomic E-state index is 13.6. The zero-order chi connectivity index (χ0) is 27.6. The number of aromatic amines is 1. The van der Waals surface area contributed by atoms with Gasteiger partial charge in [-0.05, 0) is 38.3 Å². The highest BCUT2D eigenvalue weighted by molar-refractivity contribution is 5.98. The number of anilines is 3. The molecular formula is C29H36N8O3. The lowest BCUT2D eigenvalue weighted by Crippen LogP contribution is -2.50. The molecule has 1 atom stereocenters. The molecule has 5 heterocycles. The summed E-state index contributed by atoms with van der Waals surface area (Å²) in [5.74, 6) is 1.73. The van der Waals surface area contributed by atoms with Crippen molar-refractivity contribution in [3.8, 4) is 11.8 Å². The maximum atomic E-state index is 13.6. The molecule has 3 N–H and O–H groups in total. The molecular weight excluding hydrogens is 508 g/mol. The number of benzene rings is 1. The van der Waals surface area contributed by atoms with Crippen molar-refractivity contribution in [1.29, 1.82) is 5.26 Å². The molecule has 0 bridgehead atoms. The van der Waals surface area contributed by atoms with E-state index in [1.165, 1.54) is 0 Å². The number of likely N-dealkylation sites (tertiary alicyclic amines) is 1. The predicted molar refractivity (Wildman–Crippen MR) is 152 cm³/mol. The van der Waals surface area contributed by atoms with Crippen molar-refractivity contribution in [3.05, 3.63) is 35.0 Å². The molecule has 40 heavy (non-hydrogen) atoms. The van der Waals surface area contributed by atoms with Crippen molar-refractivity contribution in [2.75, 3.05) is 56.6 Å². The first-order valence-electron chi connectivity index (χ1n) is 14.3. The highest BCUT2D eigenvalue weighted by Crippen LogP contribution is 2.39. The normalized spacial score (nSPS) is 18.7. The summed E-state index contributed by atoms with van der Waals surface area (Å²) in [6, 6.07) is 6.68. The van der Waals surface area contributed by atoms with E-state index in [-0.39, 0.29) is 11.9 Å². The number of aromatic nitrogens is 3. The number of hydrogen-bond donors (Lipinski definition) is 3. The molecule has 11 nitrogen and oxygen atoms in total. The first-order chi connectivity index (χ1) is 19.6. The summed E-state index contributed by atoms with van der Waals surface area (Å²) < 4.78 is 11.5. The van der Waals surface area contributed by atoms with Crippen LogP contribution in [0.5, 0.6) is 5.75 Å². The lowest BCUT2D eigenvalue weighted by Gasteiger charge is -2.40. The Kier molecular flexibility index (Phi) is 7.45. The first-order valence-corrected chi connectivity index (χ1v) is 14.3. The molecule has 0 radical (unpaired) electrons. The zero-order valence-electron chi connectivity index (χ0n) is 23.1. The van der Waals surface area contributed by atoms with E-state index in [1.54, 1.807) is 6.20 Å². The summed E-state index contributed by atoms with van der Waals surface area (Å²) in [6.07, 6.45) is 5.21. The van der Waals surface area contributed by atoms with Gasteiger partial charge < -0.3 is 30.0 Å². The smallest absolute Gasteiger partial charge is 0.254 e. The van der Waals surface area contributed by atoms with Gasteiger partial charge >= 0.3 is 0 Å². The summed E-state index contributed by atoms with van der Waals surface area (Å²) in [4.78, 5) is 30.5. The number of ether oxygens (including phenoxy) is 2.